The molecule has 0 aromatic heterocycles. The second-order valence-electron chi connectivity index (χ2n) is 14.3. The van der Waals surface area contributed by atoms with Crippen LogP contribution in [0.3, 0.4) is 0 Å². The summed E-state index contributed by atoms with van der Waals surface area (Å²) in [4.78, 5) is 0. The summed E-state index contributed by atoms with van der Waals surface area (Å²) >= 11 is 18.1. The summed E-state index contributed by atoms with van der Waals surface area (Å²) in [6.07, 6.45) is -9.14. The molecule has 3 aromatic carbocycles. The monoisotopic (exact) mass is 1060 g/mol. The van der Waals surface area contributed by atoms with Crippen LogP contribution in [0.25, 0.3) is 0 Å². The molecule has 69 heavy (non-hydrogen) atoms. The van der Waals surface area contributed by atoms with Crippen molar-refractivity contribution in [2.45, 2.75) is 95.0 Å². The van der Waals surface area contributed by atoms with Crippen molar-refractivity contribution >= 4 is 55.6 Å². The van der Waals surface area contributed by atoms with Gasteiger partial charge in [0.15, 0.2) is 0 Å². The van der Waals surface area contributed by atoms with Crippen LogP contribution in [0, 0.1) is 68.0 Å². The van der Waals surface area contributed by atoms with Crippen LogP contribution in [0.2, 0.25) is 0 Å². The molecular weight excluding hydrogens is 1010 g/mol. The Morgan fingerprint density at radius 3 is 0.754 bits per heavy atom. The maximum absolute atomic E-state index is 9.51. The Bertz CT molecular complexity index is 2340. The van der Waals surface area contributed by atoms with Crippen LogP contribution in [0.5, 0.6) is 0 Å². The van der Waals surface area contributed by atoms with Gasteiger partial charge in [0.1, 0.15) is 36.6 Å². The quantitative estimate of drug-likeness (QED) is 0.0407. The Morgan fingerprint density at radius 2 is 0.536 bits per heavy atom. The largest absolute Gasteiger partial charge is 0.368 e. The second kappa shape index (κ2) is 32.1. The van der Waals surface area contributed by atoms with Gasteiger partial charge in [-0.2, -0.15) is 31.6 Å². The van der Waals surface area contributed by atoms with Gasteiger partial charge in [-0.3, -0.25) is 13.6 Å². The highest BCUT2D eigenvalue weighted by Crippen LogP contribution is 2.60. The molecule has 0 spiro atoms. The van der Waals surface area contributed by atoms with Crippen LogP contribution < -0.4 is 0 Å². The minimum absolute atomic E-state index is 0.0499. The van der Waals surface area contributed by atoms with Crippen molar-refractivity contribution in [3.63, 3.8) is 0 Å². The van der Waals surface area contributed by atoms with Gasteiger partial charge in [-0.25, -0.2) is 0 Å². The van der Waals surface area contributed by atoms with Crippen LogP contribution in [0.4, 0.5) is 0 Å². The smallest absolute Gasteiger partial charge is 0.327 e. The molecule has 0 bridgehead atoms. The number of hydrogen-bond donors (Lipinski definition) is 0. The van der Waals surface area contributed by atoms with E-state index in [0.717, 1.165) is 11.1 Å². The maximum Gasteiger partial charge on any atom is 0.327 e. The van der Waals surface area contributed by atoms with Crippen LogP contribution >= 0.6 is 20.2 Å². The number of benzene rings is 3. The number of nitriles is 6. The average molecular weight is 1060 g/mol. The van der Waals surface area contributed by atoms with Crippen molar-refractivity contribution in [2.75, 3.05) is 39.6 Å². The summed E-state index contributed by atoms with van der Waals surface area (Å²) in [6, 6.07) is 39.6. The van der Waals surface area contributed by atoms with E-state index in [2.05, 4.69) is 0 Å². The van der Waals surface area contributed by atoms with Crippen molar-refractivity contribution in [1.29, 1.82) is 31.6 Å². The highest BCUT2D eigenvalue weighted by molar-refractivity contribution is 8.08. The van der Waals surface area contributed by atoms with E-state index in [-0.39, 0.29) is 98.0 Å². The van der Waals surface area contributed by atoms with Crippen molar-refractivity contribution in [3.8, 4) is 36.4 Å². The third-order valence-electron chi connectivity index (χ3n) is 9.33. The molecule has 0 heterocycles. The van der Waals surface area contributed by atoms with Gasteiger partial charge in [0.05, 0.1) is 134 Å². The Labute approximate surface area is 418 Å². The van der Waals surface area contributed by atoms with E-state index in [4.69, 9.17) is 90.3 Å². The molecule has 0 N–H and O–H groups in total. The minimum atomic E-state index is -4.06. The first-order valence-electron chi connectivity index (χ1n) is 21.5. The third kappa shape index (κ3) is 20.4. The van der Waals surface area contributed by atoms with E-state index in [9.17, 15) is 31.6 Å². The molecule has 4 rings (SSSR count). The molecule has 3 aromatic rings. The van der Waals surface area contributed by atoms with Gasteiger partial charge in [-0.1, -0.05) is 91.0 Å². The second-order valence-corrected chi connectivity index (χ2v) is 23.2. The van der Waals surface area contributed by atoms with Gasteiger partial charge in [0.25, 0.3) is 0 Å². The summed E-state index contributed by atoms with van der Waals surface area (Å²) in [5.74, 6) is 0. The standard InChI is InChI=1S/C45H51N6O12P3S3/c46-22-10-28-55-64(67,56-29-11-23-47)61-43-40(52-34-37-16-4-1-5-17-37)41(53-35-38-18-6-2-7-19-38)44(62-65(68,57-30-12-24-48)58-31-13-25-49)45(42(43)54-36-39-20-8-3-9-21-39)63-66(69,59-32-14-26-50)60-33-15-27-51/h1-9,16-21,40-45H,10-15,28-36H2/t40-,41+,42+,43-,44-,45-/m0/s1. The fraction of sp³-hybridized carbons (Fsp3) is 0.467. The van der Waals surface area contributed by atoms with Crippen molar-refractivity contribution in [1.82, 2.24) is 0 Å². The van der Waals surface area contributed by atoms with E-state index in [1.807, 2.05) is 127 Å². The first-order valence-corrected chi connectivity index (χ1v) is 29.1. The first-order chi connectivity index (χ1) is 33.5. The average Bonchev–Trinajstić information content (AvgIpc) is 3.35. The lowest BCUT2D eigenvalue weighted by Gasteiger charge is -2.51. The highest BCUT2D eigenvalue weighted by Gasteiger charge is 2.59. The van der Waals surface area contributed by atoms with E-state index in [1.165, 1.54) is 0 Å². The zero-order valence-corrected chi connectivity index (χ0v) is 42.5. The SMILES string of the molecule is N#CCCOP(=S)(OCCC#N)O[C@@H]1[C@@H](OCc2ccccc2)[C@H](OP(=S)(OCCC#N)OCCC#N)[C@@H](OP(=S)(OCCC#N)OCCC#N)[C@H](OCc2ccccc2)[C@@H]1OCc1ccccc1. The predicted molar refractivity (Wildman–Crippen MR) is 260 cm³/mol. The summed E-state index contributed by atoms with van der Waals surface area (Å²) < 4.78 is 77.8. The molecule has 366 valence electrons. The molecule has 6 atom stereocenters. The Hall–Kier alpha value is -3.93. The zero-order valence-electron chi connectivity index (χ0n) is 37.4. The molecule has 1 aliphatic carbocycles. The number of rotatable bonds is 33. The van der Waals surface area contributed by atoms with Gasteiger partial charge in [-0.05, 0) is 52.1 Å². The number of ether oxygens (including phenoxy) is 3. The summed E-state index contributed by atoms with van der Waals surface area (Å²) in [7, 11) is 0. The third-order valence-corrected chi connectivity index (χ3v) is 16.5. The van der Waals surface area contributed by atoms with Crippen molar-refractivity contribution in [2.24, 2.45) is 0 Å². The van der Waals surface area contributed by atoms with Crippen LogP contribution in [-0.4, -0.2) is 76.3 Å². The highest BCUT2D eigenvalue weighted by atomic mass is 32.5. The lowest BCUT2D eigenvalue weighted by atomic mass is 9.84. The summed E-state index contributed by atoms with van der Waals surface area (Å²) in [6.45, 7) is -13.7. The van der Waals surface area contributed by atoms with Crippen LogP contribution in [0.1, 0.15) is 55.2 Å². The van der Waals surface area contributed by atoms with E-state index < -0.39 is 56.8 Å². The van der Waals surface area contributed by atoms with Gasteiger partial charge in [-0.15, -0.1) is 0 Å². The van der Waals surface area contributed by atoms with E-state index >= 15 is 0 Å². The zero-order chi connectivity index (χ0) is 49.6. The maximum atomic E-state index is 9.51. The van der Waals surface area contributed by atoms with E-state index in [1.54, 1.807) is 0 Å². The molecule has 0 unspecified atom stereocenters. The molecule has 1 aliphatic rings. The number of nitrogens with zero attached hydrogens (tertiary/aromatic N) is 6. The molecular formula is C45H51N6O12P3S3. The first kappa shape index (κ1) is 57.6. The lowest BCUT2D eigenvalue weighted by molar-refractivity contribution is -0.251. The normalized spacial score (nSPS) is 19.2. The molecule has 1 saturated carbocycles. The Kier molecular flexibility index (Phi) is 26.8. The molecule has 24 heteroatoms. The topological polar surface area (TPSA) is 253 Å². The van der Waals surface area contributed by atoms with Crippen molar-refractivity contribution in [3.05, 3.63) is 108 Å². The molecule has 18 nitrogen and oxygen atoms in total. The Balaban J connectivity index is 2.08. The van der Waals surface area contributed by atoms with Crippen LogP contribution in [0.15, 0.2) is 91.0 Å². The summed E-state index contributed by atoms with van der Waals surface area (Å²) in [5, 5.41) is 57.0. The molecule has 0 radical (unpaired) electrons. The Morgan fingerprint density at radius 1 is 0.333 bits per heavy atom. The summed E-state index contributed by atoms with van der Waals surface area (Å²) in [5.41, 5.74) is 2.16. The predicted octanol–water partition coefficient (Wildman–Crippen LogP) is 9.17. The fourth-order valence-electron chi connectivity index (χ4n) is 6.31. The molecule has 1 fully saturated rings. The van der Waals surface area contributed by atoms with Crippen LogP contribution in [-0.2, 0) is 110 Å². The molecule has 0 amide bonds. The molecule has 0 aliphatic heterocycles. The van der Waals surface area contributed by atoms with E-state index in [0.29, 0.717) is 5.56 Å². The van der Waals surface area contributed by atoms with Gasteiger partial charge >= 0.3 is 20.2 Å². The molecule has 0 saturated heterocycles. The van der Waals surface area contributed by atoms with Gasteiger partial charge in [0, 0.05) is 0 Å². The lowest BCUT2D eigenvalue weighted by Crippen LogP contribution is -2.67. The van der Waals surface area contributed by atoms with Gasteiger partial charge in [0.2, 0.25) is 0 Å². The minimum Gasteiger partial charge on any atom is -0.368 e. The number of hydrogen-bond acceptors (Lipinski definition) is 21. The fourth-order valence-corrected chi connectivity index (χ4v) is 12.6. The van der Waals surface area contributed by atoms with Gasteiger partial charge < -0.3 is 41.4 Å². The van der Waals surface area contributed by atoms with Crippen molar-refractivity contribution < 1.29 is 54.9 Å².